The number of aromatic nitrogens is 2. The van der Waals surface area contributed by atoms with E-state index in [1.54, 1.807) is 31.4 Å². The number of hydrogen-bond donors (Lipinski definition) is 0. The summed E-state index contributed by atoms with van der Waals surface area (Å²) in [5, 5.41) is 4.65. The number of hydrogen-bond acceptors (Lipinski definition) is 4. The molecule has 0 saturated carbocycles. The van der Waals surface area contributed by atoms with Gasteiger partial charge in [0.05, 0.1) is 12.0 Å². The molecule has 0 amide bonds. The van der Waals surface area contributed by atoms with Gasteiger partial charge in [0.1, 0.15) is 11.4 Å². The Morgan fingerprint density at radius 2 is 1.60 bits per heavy atom. The maximum atomic E-state index is 11.6. The minimum absolute atomic E-state index is 0.303. The molecule has 0 spiro atoms. The zero-order valence-electron chi connectivity index (χ0n) is 14.4. The quantitative estimate of drug-likeness (QED) is 0.700. The summed E-state index contributed by atoms with van der Waals surface area (Å²) in [6, 6.07) is 14.6. The Bertz CT molecular complexity index is 973. The van der Waals surface area contributed by atoms with Crippen LogP contribution in [0.4, 0.5) is 0 Å². The van der Waals surface area contributed by atoms with Gasteiger partial charge in [0.15, 0.2) is 9.84 Å². The number of rotatable bonds is 5. The first-order chi connectivity index (χ1) is 11.9. The predicted octanol–water partition coefficient (Wildman–Crippen LogP) is 3.65. The molecule has 2 aromatic carbocycles. The molecule has 3 rings (SSSR count). The van der Waals surface area contributed by atoms with Crippen molar-refractivity contribution < 1.29 is 13.2 Å². The summed E-state index contributed by atoms with van der Waals surface area (Å²) in [7, 11) is -1.57. The Morgan fingerprint density at radius 1 is 1.00 bits per heavy atom. The zero-order chi connectivity index (χ0) is 18.0. The van der Waals surface area contributed by atoms with Crippen LogP contribution in [0.1, 0.15) is 6.92 Å². The van der Waals surface area contributed by atoms with Crippen molar-refractivity contribution in [3.8, 4) is 28.1 Å². The Morgan fingerprint density at radius 3 is 2.12 bits per heavy atom. The molecule has 0 aliphatic carbocycles. The van der Waals surface area contributed by atoms with E-state index in [0.717, 1.165) is 34.7 Å². The normalized spacial score (nSPS) is 11.5. The van der Waals surface area contributed by atoms with Crippen molar-refractivity contribution in [2.75, 3.05) is 13.4 Å². The van der Waals surface area contributed by atoms with Crippen LogP contribution in [0, 0.1) is 0 Å². The van der Waals surface area contributed by atoms with E-state index < -0.39 is 9.84 Å². The molecule has 25 heavy (non-hydrogen) atoms. The van der Waals surface area contributed by atoms with Gasteiger partial charge >= 0.3 is 0 Å². The van der Waals surface area contributed by atoms with Crippen molar-refractivity contribution >= 4 is 9.84 Å². The maximum Gasteiger partial charge on any atom is 0.175 e. The largest absolute Gasteiger partial charge is 0.497 e. The second-order valence-corrected chi connectivity index (χ2v) is 7.79. The second-order valence-electron chi connectivity index (χ2n) is 5.77. The topological polar surface area (TPSA) is 61.2 Å². The molecule has 0 fully saturated rings. The van der Waals surface area contributed by atoms with Crippen LogP contribution < -0.4 is 4.74 Å². The standard InChI is InChI=1S/C19H20N2O3S/c1-4-21-13-18(14-5-9-16(24-2)10-6-14)19(20-21)15-7-11-17(12-8-15)25(3,22)23/h5-13H,4H2,1-3H3. The molecule has 3 aromatic rings. The molecule has 130 valence electrons. The zero-order valence-corrected chi connectivity index (χ0v) is 15.2. The smallest absolute Gasteiger partial charge is 0.175 e. The Labute approximate surface area is 147 Å². The molecule has 1 heterocycles. The monoisotopic (exact) mass is 356 g/mol. The minimum atomic E-state index is -3.21. The van der Waals surface area contributed by atoms with Gasteiger partial charge < -0.3 is 4.74 Å². The summed E-state index contributed by atoms with van der Waals surface area (Å²) in [4.78, 5) is 0.303. The molecule has 0 bridgehead atoms. The molecule has 0 aliphatic heterocycles. The van der Waals surface area contributed by atoms with Crippen molar-refractivity contribution in [2.24, 2.45) is 0 Å². The third kappa shape index (κ3) is 3.58. The van der Waals surface area contributed by atoms with Crippen LogP contribution in [0.25, 0.3) is 22.4 Å². The first-order valence-electron chi connectivity index (χ1n) is 7.94. The Balaban J connectivity index is 2.08. The van der Waals surface area contributed by atoms with Crippen molar-refractivity contribution in [1.29, 1.82) is 0 Å². The van der Waals surface area contributed by atoms with E-state index in [9.17, 15) is 8.42 Å². The van der Waals surface area contributed by atoms with Crippen LogP contribution in [-0.4, -0.2) is 31.6 Å². The second kappa shape index (κ2) is 6.72. The summed E-state index contributed by atoms with van der Waals surface area (Å²) in [5.74, 6) is 0.797. The van der Waals surface area contributed by atoms with Crippen LogP contribution in [0.5, 0.6) is 5.75 Å². The number of nitrogens with zero attached hydrogens (tertiary/aromatic N) is 2. The van der Waals surface area contributed by atoms with E-state index in [1.165, 1.54) is 6.26 Å². The third-order valence-corrected chi connectivity index (χ3v) is 5.17. The average molecular weight is 356 g/mol. The van der Waals surface area contributed by atoms with Gasteiger partial charge in [0, 0.05) is 30.1 Å². The molecule has 0 radical (unpaired) electrons. The van der Waals surface area contributed by atoms with E-state index in [-0.39, 0.29) is 0 Å². The number of ether oxygens (including phenoxy) is 1. The van der Waals surface area contributed by atoms with E-state index in [1.807, 2.05) is 42.1 Å². The molecule has 0 unspecified atom stereocenters. The lowest BCUT2D eigenvalue weighted by atomic mass is 10.0. The summed E-state index contributed by atoms with van der Waals surface area (Å²) >= 11 is 0. The van der Waals surface area contributed by atoms with Crippen LogP contribution in [0.2, 0.25) is 0 Å². The highest BCUT2D eigenvalue weighted by molar-refractivity contribution is 7.90. The van der Waals surface area contributed by atoms with Gasteiger partial charge in [-0.15, -0.1) is 0 Å². The van der Waals surface area contributed by atoms with Crippen LogP contribution in [0.15, 0.2) is 59.6 Å². The van der Waals surface area contributed by atoms with Gasteiger partial charge in [-0.1, -0.05) is 24.3 Å². The minimum Gasteiger partial charge on any atom is -0.497 e. The Hall–Kier alpha value is -2.60. The first kappa shape index (κ1) is 17.2. The molecular weight excluding hydrogens is 336 g/mol. The van der Waals surface area contributed by atoms with Crippen molar-refractivity contribution in [3.05, 3.63) is 54.7 Å². The van der Waals surface area contributed by atoms with Crippen molar-refractivity contribution in [2.45, 2.75) is 18.4 Å². The summed E-state index contributed by atoms with van der Waals surface area (Å²) < 4.78 is 30.4. The molecule has 0 saturated heterocycles. The van der Waals surface area contributed by atoms with E-state index in [4.69, 9.17) is 4.74 Å². The Kier molecular flexibility index (Phi) is 4.63. The van der Waals surface area contributed by atoms with Crippen LogP contribution in [-0.2, 0) is 16.4 Å². The van der Waals surface area contributed by atoms with Gasteiger partial charge in [-0.25, -0.2) is 8.42 Å². The molecule has 0 aliphatic rings. The van der Waals surface area contributed by atoms with Gasteiger partial charge in [0.2, 0.25) is 0 Å². The molecule has 1 aromatic heterocycles. The molecular formula is C19H20N2O3S. The fourth-order valence-corrected chi connectivity index (χ4v) is 3.27. The van der Waals surface area contributed by atoms with Crippen molar-refractivity contribution in [1.82, 2.24) is 9.78 Å². The predicted molar refractivity (Wildman–Crippen MR) is 98.4 cm³/mol. The van der Waals surface area contributed by atoms with Crippen LogP contribution >= 0.6 is 0 Å². The molecule has 0 N–H and O–H groups in total. The lowest BCUT2D eigenvalue weighted by molar-refractivity contribution is 0.415. The highest BCUT2D eigenvalue weighted by atomic mass is 32.2. The maximum absolute atomic E-state index is 11.6. The molecule has 5 nitrogen and oxygen atoms in total. The van der Waals surface area contributed by atoms with Crippen LogP contribution in [0.3, 0.4) is 0 Å². The van der Waals surface area contributed by atoms with E-state index in [0.29, 0.717) is 4.90 Å². The van der Waals surface area contributed by atoms with E-state index in [2.05, 4.69) is 5.10 Å². The highest BCUT2D eigenvalue weighted by Crippen LogP contribution is 2.32. The number of aryl methyl sites for hydroxylation is 1. The fraction of sp³-hybridized carbons (Fsp3) is 0.211. The van der Waals surface area contributed by atoms with Crippen molar-refractivity contribution in [3.63, 3.8) is 0 Å². The summed E-state index contributed by atoms with van der Waals surface area (Å²) in [6.07, 6.45) is 3.21. The van der Waals surface area contributed by atoms with Gasteiger partial charge in [0.25, 0.3) is 0 Å². The average Bonchev–Trinajstić information content (AvgIpc) is 3.05. The summed E-state index contributed by atoms with van der Waals surface area (Å²) in [5.41, 5.74) is 3.73. The highest BCUT2D eigenvalue weighted by Gasteiger charge is 2.14. The molecule has 6 heteroatoms. The SMILES string of the molecule is CCn1cc(-c2ccc(OC)cc2)c(-c2ccc(S(C)(=O)=O)cc2)n1. The van der Waals surface area contributed by atoms with E-state index >= 15 is 0 Å². The van der Waals surface area contributed by atoms with Gasteiger partial charge in [-0.2, -0.15) is 5.10 Å². The fourth-order valence-electron chi connectivity index (χ4n) is 2.64. The number of methoxy groups -OCH3 is 1. The van der Waals surface area contributed by atoms with Gasteiger partial charge in [-0.05, 0) is 36.8 Å². The lowest BCUT2D eigenvalue weighted by Gasteiger charge is -2.05. The molecule has 0 atom stereocenters. The summed E-state index contributed by atoms with van der Waals surface area (Å²) in [6.45, 7) is 2.78. The first-order valence-corrected chi connectivity index (χ1v) is 9.84. The number of benzene rings is 2. The van der Waals surface area contributed by atoms with Gasteiger partial charge in [-0.3, -0.25) is 4.68 Å². The lowest BCUT2D eigenvalue weighted by Crippen LogP contribution is -1.97. The third-order valence-electron chi connectivity index (χ3n) is 4.04. The number of sulfone groups is 1.